The average molecular weight is 277 g/mol. The van der Waals surface area contributed by atoms with Crippen molar-refractivity contribution >= 4 is 0 Å². The number of nitrogens with zero attached hydrogens (tertiary/aromatic N) is 2. The third-order valence-electron chi connectivity index (χ3n) is 3.57. The smallest absolute Gasteiger partial charge is 0.0743 e. The van der Waals surface area contributed by atoms with Crippen molar-refractivity contribution in [3.8, 4) is 16.9 Å². The Kier molecular flexibility index (Phi) is 3.84. The van der Waals surface area contributed by atoms with Gasteiger partial charge in [-0.15, -0.1) is 0 Å². The van der Waals surface area contributed by atoms with Crippen molar-refractivity contribution in [1.82, 2.24) is 9.78 Å². The summed E-state index contributed by atoms with van der Waals surface area (Å²) in [5.74, 6) is 0. The molecule has 106 valence electrons. The highest BCUT2D eigenvalue weighted by atomic mass is 15.3. The van der Waals surface area contributed by atoms with Crippen LogP contribution in [0.15, 0.2) is 60.7 Å². The van der Waals surface area contributed by atoms with Gasteiger partial charge in [-0.1, -0.05) is 48.5 Å². The maximum Gasteiger partial charge on any atom is 0.0743 e. The molecule has 0 aliphatic rings. The second-order valence-corrected chi connectivity index (χ2v) is 5.12. The number of hydrogen-bond acceptors (Lipinski definition) is 2. The third kappa shape index (κ3) is 2.73. The van der Waals surface area contributed by atoms with E-state index >= 15 is 0 Å². The number of aromatic nitrogens is 2. The van der Waals surface area contributed by atoms with Crippen LogP contribution in [-0.4, -0.2) is 16.3 Å². The van der Waals surface area contributed by atoms with E-state index in [1.807, 2.05) is 35.0 Å². The van der Waals surface area contributed by atoms with Gasteiger partial charge in [0.1, 0.15) is 0 Å². The molecule has 2 N–H and O–H groups in total. The maximum absolute atomic E-state index is 5.68. The second kappa shape index (κ2) is 5.94. The minimum atomic E-state index is 0.610. The van der Waals surface area contributed by atoms with Gasteiger partial charge in [-0.3, -0.25) is 0 Å². The molecule has 0 saturated heterocycles. The van der Waals surface area contributed by atoms with Gasteiger partial charge in [0.15, 0.2) is 0 Å². The zero-order chi connectivity index (χ0) is 14.7. The lowest BCUT2D eigenvalue weighted by atomic mass is 10.1. The van der Waals surface area contributed by atoms with Gasteiger partial charge in [0, 0.05) is 12.0 Å². The van der Waals surface area contributed by atoms with Crippen LogP contribution >= 0.6 is 0 Å². The van der Waals surface area contributed by atoms with Crippen molar-refractivity contribution in [3.63, 3.8) is 0 Å². The first-order valence-electron chi connectivity index (χ1n) is 7.20. The minimum absolute atomic E-state index is 0.610. The molecule has 0 atom stereocenters. The first kappa shape index (κ1) is 13.6. The molecule has 0 amide bonds. The van der Waals surface area contributed by atoms with E-state index in [9.17, 15) is 0 Å². The monoisotopic (exact) mass is 277 g/mol. The minimum Gasteiger partial charge on any atom is -0.330 e. The van der Waals surface area contributed by atoms with E-state index in [0.717, 1.165) is 29.1 Å². The fraction of sp³-hybridized carbons (Fsp3) is 0.167. The molecule has 1 aromatic heterocycles. The Morgan fingerprint density at radius 2 is 1.71 bits per heavy atom. The van der Waals surface area contributed by atoms with Gasteiger partial charge in [-0.2, -0.15) is 5.10 Å². The molecule has 0 aliphatic heterocycles. The topological polar surface area (TPSA) is 43.8 Å². The summed E-state index contributed by atoms with van der Waals surface area (Å²) in [6, 6.07) is 20.8. The Balaban J connectivity index is 2.17. The highest BCUT2D eigenvalue weighted by Crippen LogP contribution is 2.25. The van der Waals surface area contributed by atoms with Crippen LogP contribution < -0.4 is 5.73 Å². The Hall–Kier alpha value is -2.39. The number of rotatable bonds is 4. The van der Waals surface area contributed by atoms with Crippen LogP contribution in [0.25, 0.3) is 16.9 Å². The first-order valence-corrected chi connectivity index (χ1v) is 7.20. The molecule has 0 saturated carbocycles. The molecule has 1 heterocycles. The highest BCUT2D eigenvalue weighted by molar-refractivity contribution is 5.63. The number of nitrogens with two attached hydrogens (primary N) is 1. The highest BCUT2D eigenvalue weighted by Gasteiger charge is 2.12. The predicted molar refractivity (Wildman–Crippen MR) is 86.5 cm³/mol. The molecule has 21 heavy (non-hydrogen) atoms. The van der Waals surface area contributed by atoms with Gasteiger partial charge in [0.05, 0.1) is 17.1 Å². The molecular weight excluding hydrogens is 258 g/mol. The zero-order valence-corrected chi connectivity index (χ0v) is 12.2. The normalized spacial score (nSPS) is 10.8. The lowest BCUT2D eigenvalue weighted by molar-refractivity contribution is 0.822. The summed E-state index contributed by atoms with van der Waals surface area (Å²) in [6.07, 6.45) is 0.790. The van der Waals surface area contributed by atoms with Crippen LogP contribution in [0, 0.1) is 6.92 Å². The third-order valence-corrected chi connectivity index (χ3v) is 3.57. The Labute approximate surface area is 125 Å². The van der Waals surface area contributed by atoms with Crippen LogP contribution in [0.4, 0.5) is 0 Å². The maximum atomic E-state index is 5.68. The van der Waals surface area contributed by atoms with Crippen molar-refractivity contribution in [1.29, 1.82) is 0 Å². The van der Waals surface area contributed by atoms with E-state index in [1.165, 1.54) is 5.56 Å². The van der Waals surface area contributed by atoms with E-state index < -0.39 is 0 Å². The van der Waals surface area contributed by atoms with Crippen molar-refractivity contribution in [2.45, 2.75) is 13.3 Å². The molecule has 3 nitrogen and oxygen atoms in total. The zero-order valence-electron chi connectivity index (χ0n) is 12.2. The summed E-state index contributed by atoms with van der Waals surface area (Å²) >= 11 is 0. The summed E-state index contributed by atoms with van der Waals surface area (Å²) in [7, 11) is 0. The standard InChI is InChI=1S/C18H19N3/c1-14-7-5-6-10-17(14)21-18(13-16(20-21)11-12-19)15-8-3-2-4-9-15/h2-10,13H,11-12,19H2,1H3. The second-order valence-electron chi connectivity index (χ2n) is 5.12. The SMILES string of the molecule is Cc1ccccc1-n1nc(CCN)cc1-c1ccccc1. The molecule has 0 radical (unpaired) electrons. The van der Waals surface area contributed by atoms with E-state index in [0.29, 0.717) is 6.54 Å². The average Bonchev–Trinajstić information content (AvgIpc) is 2.93. The van der Waals surface area contributed by atoms with Gasteiger partial charge >= 0.3 is 0 Å². The summed E-state index contributed by atoms with van der Waals surface area (Å²) < 4.78 is 2.02. The van der Waals surface area contributed by atoms with Crippen LogP contribution in [-0.2, 0) is 6.42 Å². The Bertz CT molecular complexity index is 729. The summed E-state index contributed by atoms with van der Waals surface area (Å²) in [5, 5.41) is 4.74. The molecule has 0 unspecified atom stereocenters. The molecular formula is C18H19N3. The van der Waals surface area contributed by atoms with Gasteiger partial charge in [0.25, 0.3) is 0 Å². The van der Waals surface area contributed by atoms with Gasteiger partial charge in [0.2, 0.25) is 0 Å². The van der Waals surface area contributed by atoms with Crippen LogP contribution in [0.1, 0.15) is 11.3 Å². The summed E-state index contributed by atoms with van der Waals surface area (Å²) in [6.45, 7) is 2.72. The van der Waals surface area contributed by atoms with Crippen LogP contribution in [0.2, 0.25) is 0 Å². The number of para-hydroxylation sites is 1. The van der Waals surface area contributed by atoms with E-state index in [2.05, 4.69) is 37.3 Å². The molecule has 2 aromatic carbocycles. The largest absolute Gasteiger partial charge is 0.330 e. The lowest BCUT2D eigenvalue weighted by Gasteiger charge is -2.10. The number of hydrogen-bond donors (Lipinski definition) is 1. The number of aryl methyl sites for hydroxylation is 1. The molecule has 0 aliphatic carbocycles. The van der Waals surface area contributed by atoms with Crippen molar-refractivity contribution in [2.24, 2.45) is 5.73 Å². The van der Waals surface area contributed by atoms with E-state index in [1.54, 1.807) is 0 Å². The van der Waals surface area contributed by atoms with Gasteiger partial charge in [-0.25, -0.2) is 4.68 Å². The predicted octanol–water partition coefficient (Wildman–Crippen LogP) is 3.35. The van der Waals surface area contributed by atoms with Crippen LogP contribution in [0.5, 0.6) is 0 Å². The lowest BCUT2D eigenvalue weighted by Crippen LogP contribution is -2.05. The van der Waals surface area contributed by atoms with Crippen molar-refractivity contribution < 1.29 is 0 Å². The fourth-order valence-electron chi connectivity index (χ4n) is 2.50. The van der Waals surface area contributed by atoms with Gasteiger partial charge in [-0.05, 0) is 31.2 Å². The molecule has 0 spiro atoms. The van der Waals surface area contributed by atoms with Gasteiger partial charge < -0.3 is 5.73 Å². The first-order chi connectivity index (χ1) is 10.3. The molecule has 0 fully saturated rings. The Morgan fingerprint density at radius 1 is 1.00 bits per heavy atom. The van der Waals surface area contributed by atoms with Crippen LogP contribution in [0.3, 0.4) is 0 Å². The van der Waals surface area contributed by atoms with Crippen molar-refractivity contribution in [3.05, 3.63) is 71.9 Å². The molecule has 3 rings (SSSR count). The quantitative estimate of drug-likeness (QED) is 0.794. The molecule has 3 heteroatoms. The molecule has 0 bridgehead atoms. The Morgan fingerprint density at radius 3 is 2.43 bits per heavy atom. The fourth-order valence-corrected chi connectivity index (χ4v) is 2.50. The summed E-state index contributed by atoms with van der Waals surface area (Å²) in [4.78, 5) is 0. The van der Waals surface area contributed by atoms with E-state index in [-0.39, 0.29) is 0 Å². The molecule has 3 aromatic rings. The number of benzene rings is 2. The van der Waals surface area contributed by atoms with E-state index in [4.69, 9.17) is 10.8 Å². The van der Waals surface area contributed by atoms with Crippen molar-refractivity contribution in [2.75, 3.05) is 6.54 Å². The summed E-state index contributed by atoms with van der Waals surface area (Å²) in [5.41, 5.74) is 11.3.